The van der Waals surface area contributed by atoms with Gasteiger partial charge in [-0.25, -0.2) is 4.39 Å². The number of hydrogen-bond acceptors (Lipinski definition) is 2. The van der Waals surface area contributed by atoms with Crippen LogP contribution in [0.4, 0.5) is 4.39 Å². The Labute approximate surface area is 114 Å². The molecule has 2 rings (SSSR count). The van der Waals surface area contributed by atoms with E-state index in [9.17, 15) is 9.50 Å². The summed E-state index contributed by atoms with van der Waals surface area (Å²) in [7, 11) is 0. The molecule has 0 aliphatic rings. The maximum atomic E-state index is 12.9. The van der Waals surface area contributed by atoms with Gasteiger partial charge in [0.2, 0.25) is 0 Å². The molecule has 1 heterocycles. The number of benzene rings is 1. The Morgan fingerprint density at radius 1 is 1.33 bits per heavy atom. The van der Waals surface area contributed by atoms with Crippen LogP contribution < -0.4 is 0 Å². The number of aryl methyl sites for hydroxylation is 1. The highest BCUT2D eigenvalue weighted by Crippen LogP contribution is 2.24. The van der Waals surface area contributed by atoms with Gasteiger partial charge in [0.05, 0.1) is 6.10 Å². The molecule has 2 nitrogen and oxygen atoms in total. The summed E-state index contributed by atoms with van der Waals surface area (Å²) in [6, 6.07) is 8.17. The van der Waals surface area contributed by atoms with Crippen LogP contribution in [0.1, 0.15) is 22.9 Å². The van der Waals surface area contributed by atoms with Crippen molar-refractivity contribution in [3.8, 4) is 0 Å². The van der Waals surface area contributed by atoms with E-state index >= 15 is 0 Å². The second-order valence-corrected chi connectivity index (χ2v) is 5.04. The van der Waals surface area contributed by atoms with Crippen LogP contribution in [0.15, 0.2) is 41.0 Å². The van der Waals surface area contributed by atoms with Gasteiger partial charge in [0.1, 0.15) is 5.82 Å². The maximum absolute atomic E-state index is 12.9. The Bertz CT molecular complexity index is 542. The SMILES string of the molecule is Cc1ccc(C(O)Cc2ccc(F)cc2Br)cn1. The topological polar surface area (TPSA) is 33.1 Å². The molecule has 1 unspecified atom stereocenters. The van der Waals surface area contributed by atoms with E-state index in [1.807, 2.05) is 19.1 Å². The highest BCUT2D eigenvalue weighted by atomic mass is 79.9. The Balaban J connectivity index is 2.15. The minimum atomic E-state index is -0.639. The average molecular weight is 310 g/mol. The quantitative estimate of drug-likeness (QED) is 0.940. The number of rotatable bonds is 3. The molecule has 0 fully saturated rings. The molecule has 94 valence electrons. The van der Waals surface area contributed by atoms with E-state index in [0.717, 1.165) is 16.8 Å². The minimum absolute atomic E-state index is 0.294. The Morgan fingerprint density at radius 2 is 2.11 bits per heavy atom. The van der Waals surface area contributed by atoms with Crippen molar-refractivity contribution in [3.63, 3.8) is 0 Å². The maximum Gasteiger partial charge on any atom is 0.124 e. The van der Waals surface area contributed by atoms with Gasteiger partial charge in [-0.1, -0.05) is 28.1 Å². The molecule has 0 saturated carbocycles. The van der Waals surface area contributed by atoms with E-state index in [1.54, 1.807) is 12.3 Å². The second kappa shape index (κ2) is 5.59. The van der Waals surface area contributed by atoms with Gasteiger partial charge in [-0.15, -0.1) is 0 Å². The molecular weight excluding hydrogens is 297 g/mol. The van der Waals surface area contributed by atoms with Crippen LogP contribution in [-0.4, -0.2) is 10.1 Å². The summed E-state index contributed by atoms with van der Waals surface area (Å²) < 4.78 is 13.6. The predicted molar refractivity (Wildman–Crippen MR) is 71.7 cm³/mol. The number of pyridine rings is 1. The second-order valence-electron chi connectivity index (χ2n) is 4.19. The van der Waals surface area contributed by atoms with Gasteiger partial charge >= 0.3 is 0 Å². The van der Waals surface area contributed by atoms with Crippen molar-refractivity contribution in [2.24, 2.45) is 0 Å². The normalized spacial score (nSPS) is 12.4. The third-order valence-corrected chi connectivity index (χ3v) is 3.49. The Hall–Kier alpha value is -1.26. The molecule has 4 heteroatoms. The minimum Gasteiger partial charge on any atom is -0.388 e. The lowest BCUT2D eigenvalue weighted by Crippen LogP contribution is -2.03. The summed E-state index contributed by atoms with van der Waals surface area (Å²) in [5.74, 6) is -0.294. The summed E-state index contributed by atoms with van der Waals surface area (Å²) >= 11 is 3.29. The van der Waals surface area contributed by atoms with Crippen molar-refractivity contribution < 1.29 is 9.50 Å². The summed E-state index contributed by atoms with van der Waals surface area (Å²) in [5.41, 5.74) is 2.54. The van der Waals surface area contributed by atoms with Gasteiger partial charge in [-0.3, -0.25) is 4.98 Å². The molecule has 1 atom stereocenters. The fourth-order valence-corrected chi connectivity index (χ4v) is 2.20. The molecule has 1 aromatic heterocycles. The highest BCUT2D eigenvalue weighted by molar-refractivity contribution is 9.10. The predicted octanol–water partition coefficient (Wildman–Crippen LogP) is 3.57. The van der Waals surface area contributed by atoms with Gasteiger partial charge in [-0.2, -0.15) is 0 Å². The van der Waals surface area contributed by atoms with Crippen LogP contribution in [0.2, 0.25) is 0 Å². The van der Waals surface area contributed by atoms with E-state index in [1.165, 1.54) is 12.1 Å². The van der Waals surface area contributed by atoms with E-state index in [0.29, 0.717) is 10.9 Å². The van der Waals surface area contributed by atoms with Crippen molar-refractivity contribution in [2.75, 3.05) is 0 Å². The fourth-order valence-electron chi connectivity index (χ4n) is 1.69. The van der Waals surface area contributed by atoms with E-state index in [4.69, 9.17) is 0 Å². The lowest BCUT2D eigenvalue weighted by atomic mass is 10.0. The number of halogens is 2. The molecule has 18 heavy (non-hydrogen) atoms. The smallest absolute Gasteiger partial charge is 0.124 e. The third kappa shape index (κ3) is 3.15. The number of aliphatic hydroxyl groups is 1. The van der Waals surface area contributed by atoms with Gasteiger partial charge in [-0.05, 0) is 36.2 Å². The van der Waals surface area contributed by atoms with E-state index in [2.05, 4.69) is 20.9 Å². The summed E-state index contributed by atoms with van der Waals surface area (Å²) in [6.07, 6.45) is 1.45. The molecule has 1 N–H and O–H groups in total. The standard InChI is InChI=1S/C14H13BrFNO/c1-9-2-3-11(8-17-9)14(18)6-10-4-5-12(16)7-13(10)15/h2-5,7-8,14,18H,6H2,1H3. The summed E-state index contributed by atoms with van der Waals surface area (Å²) in [4.78, 5) is 4.15. The zero-order valence-corrected chi connectivity index (χ0v) is 11.5. The van der Waals surface area contributed by atoms with Crippen LogP contribution in [0.25, 0.3) is 0 Å². The number of nitrogens with zero attached hydrogens (tertiary/aromatic N) is 1. The van der Waals surface area contributed by atoms with Crippen LogP contribution in [0.5, 0.6) is 0 Å². The van der Waals surface area contributed by atoms with Crippen LogP contribution in [-0.2, 0) is 6.42 Å². The van der Waals surface area contributed by atoms with Crippen molar-refractivity contribution in [1.29, 1.82) is 0 Å². The highest BCUT2D eigenvalue weighted by Gasteiger charge is 2.11. The number of aliphatic hydroxyl groups excluding tert-OH is 1. The number of aromatic nitrogens is 1. The van der Waals surface area contributed by atoms with Crippen molar-refractivity contribution in [1.82, 2.24) is 4.98 Å². The zero-order valence-electron chi connectivity index (χ0n) is 9.90. The Morgan fingerprint density at radius 3 is 2.72 bits per heavy atom. The van der Waals surface area contributed by atoms with Crippen molar-refractivity contribution in [3.05, 3.63) is 63.6 Å². The molecule has 0 spiro atoms. The van der Waals surface area contributed by atoms with E-state index in [-0.39, 0.29) is 5.82 Å². The first-order chi connectivity index (χ1) is 8.56. The Kier molecular flexibility index (Phi) is 4.09. The van der Waals surface area contributed by atoms with Crippen molar-refractivity contribution in [2.45, 2.75) is 19.4 Å². The summed E-state index contributed by atoms with van der Waals surface area (Å²) in [6.45, 7) is 1.90. The molecular formula is C14H13BrFNO. The van der Waals surface area contributed by atoms with E-state index < -0.39 is 6.10 Å². The van der Waals surface area contributed by atoms with Crippen molar-refractivity contribution >= 4 is 15.9 Å². The molecule has 0 saturated heterocycles. The molecule has 0 amide bonds. The first-order valence-electron chi connectivity index (χ1n) is 5.61. The fraction of sp³-hybridized carbons (Fsp3) is 0.214. The van der Waals surface area contributed by atoms with Gasteiger partial charge < -0.3 is 5.11 Å². The molecule has 1 aromatic carbocycles. The third-order valence-electron chi connectivity index (χ3n) is 2.75. The molecule has 0 aliphatic carbocycles. The first kappa shape index (κ1) is 13.2. The zero-order chi connectivity index (χ0) is 13.1. The lowest BCUT2D eigenvalue weighted by Gasteiger charge is -2.12. The van der Waals surface area contributed by atoms with Crippen LogP contribution in [0.3, 0.4) is 0 Å². The number of hydrogen-bond donors (Lipinski definition) is 1. The molecule has 2 aromatic rings. The molecule has 0 radical (unpaired) electrons. The first-order valence-corrected chi connectivity index (χ1v) is 6.40. The molecule has 0 bridgehead atoms. The van der Waals surface area contributed by atoms with Crippen LogP contribution in [0, 0.1) is 12.7 Å². The monoisotopic (exact) mass is 309 g/mol. The van der Waals surface area contributed by atoms with Crippen LogP contribution >= 0.6 is 15.9 Å². The molecule has 0 aliphatic heterocycles. The lowest BCUT2D eigenvalue weighted by molar-refractivity contribution is 0.178. The van der Waals surface area contributed by atoms with Gasteiger partial charge in [0.25, 0.3) is 0 Å². The summed E-state index contributed by atoms with van der Waals surface area (Å²) in [5, 5.41) is 10.1. The van der Waals surface area contributed by atoms with Gasteiger partial charge in [0.15, 0.2) is 0 Å². The average Bonchev–Trinajstić information content (AvgIpc) is 2.33. The van der Waals surface area contributed by atoms with Gasteiger partial charge in [0, 0.05) is 22.8 Å². The largest absolute Gasteiger partial charge is 0.388 e.